The number of hydrogen-bond acceptors (Lipinski definition) is 4. The number of amides is 2. The topological polar surface area (TPSA) is 105 Å². The minimum absolute atomic E-state index is 0.0385. The van der Waals surface area contributed by atoms with Crippen LogP contribution in [0, 0.1) is 5.92 Å². The Bertz CT molecular complexity index is 976. The van der Waals surface area contributed by atoms with Gasteiger partial charge in [0.2, 0.25) is 5.91 Å². The van der Waals surface area contributed by atoms with E-state index in [2.05, 4.69) is 34.9 Å². The molecule has 3 rings (SSSR count). The number of ether oxygens (including phenoxy) is 1. The Hall–Kier alpha value is -3.35. The first kappa shape index (κ1) is 26.3. The highest BCUT2D eigenvalue weighted by Gasteiger charge is 2.29. The average Bonchev–Trinajstić information content (AvgIpc) is 3.18. The molecule has 7 nitrogen and oxygen atoms in total. The van der Waals surface area contributed by atoms with Gasteiger partial charge in [0.05, 0.1) is 0 Å². The summed E-state index contributed by atoms with van der Waals surface area (Å²) in [6, 6.07) is 15.6. The molecule has 1 aliphatic rings. The summed E-state index contributed by atoms with van der Waals surface area (Å²) in [5.74, 6) is -0.842. The smallest absolute Gasteiger partial charge is 0.407 e. The van der Waals surface area contributed by atoms with Gasteiger partial charge in [-0.25, -0.2) is 4.79 Å². The van der Waals surface area contributed by atoms with E-state index < -0.39 is 18.1 Å². The lowest BCUT2D eigenvalue weighted by atomic mass is 9.96. The summed E-state index contributed by atoms with van der Waals surface area (Å²) in [6.45, 7) is 4.62. The molecule has 35 heavy (non-hydrogen) atoms. The molecule has 0 aromatic heterocycles. The van der Waals surface area contributed by atoms with E-state index in [1.54, 1.807) is 0 Å². The van der Waals surface area contributed by atoms with Gasteiger partial charge in [0.25, 0.3) is 0 Å². The molecule has 0 bridgehead atoms. The first-order valence-corrected chi connectivity index (χ1v) is 12.6. The number of carboxylic acid groups (broad SMARTS) is 1. The molecule has 0 spiro atoms. The molecule has 2 aromatic carbocycles. The zero-order valence-electron chi connectivity index (χ0n) is 20.6. The van der Waals surface area contributed by atoms with E-state index in [4.69, 9.17) is 9.84 Å². The van der Waals surface area contributed by atoms with E-state index in [1.807, 2.05) is 38.1 Å². The highest BCUT2D eigenvalue weighted by Crippen LogP contribution is 2.44. The van der Waals surface area contributed by atoms with Crippen LogP contribution in [0.5, 0.6) is 0 Å². The lowest BCUT2D eigenvalue weighted by Gasteiger charge is -2.20. The maximum absolute atomic E-state index is 12.7. The maximum atomic E-state index is 12.7. The lowest BCUT2D eigenvalue weighted by molar-refractivity contribution is -0.137. The monoisotopic (exact) mass is 480 g/mol. The van der Waals surface area contributed by atoms with E-state index in [1.165, 1.54) is 0 Å². The van der Waals surface area contributed by atoms with Crippen LogP contribution in [-0.2, 0) is 14.3 Å². The predicted octanol–water partition coefficient (Wildman–Crippen LogP) is 5.09. The Morgan fingerprint density at radius 1 is 0.943 bits per heavy atom. The van der Waals surface area contributed by atoms with Gasteiger partial charge in [-0.15, -0.1) is 0 Å². The van der Waals surface area contributed by atoms with Crippen molar-refractivity contribution in [3.8, 4) is 11.1 Å². The molecule has 0 saturated heterocycles. The second kappa shape index (κ2) is 12.9. The number of aliphatic carboxylic acids is 1. The molecule has 2 atom stereocenters. The number of hydrogen-bond donors (Lipinski definition) is 3. The summed E-state index contributed by atoms with van der Waals surface area (Å²) in [5.41, 5.74) is 4.60. The van der Waals surface area contributed by atoms with Crippen molar-refractivity contribution in [2.45, 2.75) is 64.3 Å². The van der Waals surface area contributed by atoms with Crippen LogP contribution in [0.25, 0.3) is 11.1 Å². The van der Waals surface area contributed by atoms with Gasteiger partial charge in [-0.2, -0.15) is 0 Å². The molecule has 0 heterocycles. The van der Waals surface area contributed by atoms with E-state index in [-0.39, 0.29) is 30.8 Å². The molecular weight excluding hydrogens is 444 g/mol. The lowest BCUT2D eigenvalue weighted by Crippen LogP contribution is -2.47. The SMILES string of the molecule is CCC[C@H](NC(=O)OCC1c2ccccc2-c2ccccc21)C(=O)NCCC(CC)CCC(=O)O. The quantitative estimate of drug-likeness (QED) is 0.370. The van der Waals surface area contributed by atoms with Crippen molar-refractivity contribution in [3.05, 3.63) is 59.7 Å². The van der Waals surface area contributed by atoms with Crippen molar-refractivity contribution in [3.63, 3.8) is 0 Å². The average molecular weight is 481 g/mol. The third kappa shape index (κ3) is 7.07. The normalized spacial score (nSPS) is 13.9. The molecule has 1 unspecified atom stereocenters. The molecule has 0 fully saturated rings. The second-order valence-corrected chi connectivity index (χ2v) is 9.10. The van der Waals surface area contributed by atoms with E-state index >= 15 is 0 Å². The molecule has 2 amide bonds. The van der Waals surface area contributed by atoms with Crippen molar-refractivity contribution in [2.24, 2.45) is 5.92 Å². The fraction of sp³-hybridized carbons (Fsp3) is 0.464. The van der Waals surface area contributed by atoms with Gasteiger partial charge in [-0.05, 0) is 47.4 Å². The highest BCUT2D eigenvalue weighted by atomic mass is 16.5. The van der Waals surface area contributed by atoms with Crippen molar-refractivity contribution in [1.29, 1.82) is 0 Å². The molecule has 0 radical (unpaired) electrons. The molecule has 0 saturated carbocycles. The summed E-state index contributed by atoms with van der Waals surface area (Å²) in [6.07, 6.45) is 2.93. The van der Waals surface area contributed by atoms with Gasteiger partial charge >= 0.3 is 12.1 Å². The first-order chi connectivity index (χ1) is 16.9. The zero-order valence-corrected chi connectivity index (χ0v) is 20.6. The number of carboxylic acids is 1. The van der Waals surface area contributed by atoms with E-state index in [0.717, 1.165) is 35.1 Å². The summed E-state index contributed by atoms with van der Waals surface area (Å²) in [7, 11) is 0. The van der Waals surface area contributed by atoms with Crippen molar-refractivity contribution in [2.75, 3.05) is 13.2 Å². The number of benzene rings is 2. The maximum Gasteiger partial charge on any atom is 0.407 e. The number of alkyl carbamates (subject to hydrolysis) is 1. The highest BCUT2D eigenvalue weighted by molar-refractivity contribution is 5.85. The van der Waals surface area contributed by atoms with Crippen LogP contribution < -0.4 is 10.6 Å². The fourth-order valence-electron chi connectivity index (χ4n) is 4.74. The van der Waals surface area contributed by atoms with Gasteiger partial charge in [-0.3, -0.25) is 9.59 Å². The number of fused-ring (bicyclic) bond motifs is 3. The third-order valence-corrected chi connectivity index (χ3v) is 6.73. The zero-order chi connectivity index (χ0) is 25.2. The van der Waals surface area contributed by atoms with Crippen LogP contribution in [-0.4, -0.2) is 42.3 Å². The molecular formula is C28H36N2O5. The van der Waals surface area contributed by atoms with Crippen molar-refractivity contribution in [1.82, 2.24) is 10.6 Å². The Kier molecular flexibility index (Phi) is 9.70. The van der Waals surface area contributed by atoms with Crippen LogP contribution in [0.4, 0.5) is 4.79 Å². The van der Waals surface area contributed by atoms with Crippen LogP contribution in [0.1, 0.15) is 69.4 Å². The first-order valence-electron chi connectivity index (χ1n) is 12.6. The van der Waals surface area contributed by atoms with Gasteiger partial charge in [0.15, 0.2) is 0 Å². The van der Waals surface area contributed by atoms with Crippen LogP contribution >= 0.6 is 0 Å². The third-order valence-electron chi connectivity index (χ3n) is 6.73. The van der Waals surface area contributed by atoms with Gasteiger partial charge in [0.1, 0.15) is 12.6 Å². The molecule has 2 aromatic rings. The summed E-state index contributed by atoms with van der Waals surface area (Å²) < 4.78 is 5.60. The number of carbonyl (C=O) groups is 3. The summed E-state index contributed by atoms with van der Waals surface area (Å²) >= 11 is 0. The number of rotatable bonds is 13. The van der Waals surface area contributed by atoms with Gasteiger partial charge in [0, 0.05) is 18.9 Å². The number of carbonyl (C=O) groups excluding carboxylic acids is 2. The fourth-order valence-corrected chi connectivity index (χ4v) is 4.74. The Labute approximate surface area is 207 Å². The minimum atomic E-state index is -0.803. The van der Waals surface area contributed by atoms with E-state index in [9.17, 15) is 14.4 Å². The van der Waals surface area contributed by atoms with E-state index in [0.29, 0.717) is 25.8 Å². The Morgan fingerprint density at radius 3 is 2.14 bits per heavy atom. The molecule has 0 aliphatic heterocycles. The molecule has 3 N–H and O–H groups in total. The van der Waals surface area contributed by atoms with Crippen LogP contribution in [0.2, 0.25) is 0 Å². The Morgan fingerprint density at radius 2 is 1.57 bits per heavy atom. The second-order valence-electron chi connectivity index (χ2n) is 9.10. The van der Waals surface area contributed by atoms with Gasteiger partial charge in [-0.1, -0.05) is 75.2 Å². The largest absolute Gasteiger partial charge is 0.481 e. The molecule has 188 valence electrons. The molecule has 7 heteroatoms. The van der Waals surface area contributed by atoms with Crippen LogP contribution in [0.3, 0.4) is 0 Å². The van der Waals surface area contributed by atoms with Gasteiger partial charge < -0.3 is 20.5 Å². The molecule has 1 aliphatic carbocycles. The van der Waals surface area contributed by atoms with Crippen molar-refractivity contribution < 1.29 is 24.2 Å². The minimum Gasteiger partial charge on any atom is -0.481 e. The predicted molar refractivity (Wildman–Crippen MR) is 135 cm³/mol. The van der Waals surface area contributed by atoms with Crippen LogP contribution in [0.15, 0.2) is 48.5 Å². The number of nitrogens with one attached hydrogen (secondary N) is 2. The van der Waals surface area contributed by atoms with Crippen molar-refractivity contribution >= 4 is 18.0 Å². The standard InChI is InChI=1S/C28H36N2O5/c1-3-9-25(27(33)29-17-16-19(4-2)14-15-26(31)32)30-28(34)35-18-24-22-12-7-5-10-20(22)21-11-6-8-13-23(21)24/h5-8,10-13,19,24-25H,3-4,9,14-18H2,1-2H3,(H,29,33)(H,30,34)(H,31,32)/t19?,25-/m0/s1. The Balaban J connectivity index is 1.52. The summed E-state index contributed by atoms with van der Waals surface area (Å²) in [4.78, 5) is 36.1. The summed E-state index contributed by atoms with van der Waals surface area (Å²) in [5, 5.41) is 14.5.